The number of carbonyl (C=O) groups is 1. The van der Waals surface area contributed by atoms with Crippen molar-refractivity contribution in [1.29, 1.82) is 0 Å². The van der Waals surface area contributed by atoms with Crippen molar-refractivity contribution in [2.45, 2.75) is 38.2 Å². The van der Waals surface area contributed by atoms with Crippen molar-refractivity contribution in [3.63, 3.8) is 0 Å². The minimum absolute atomic E-state index is 0. The lowest BCUT2D eigenvalue weighted by Gasteiger charge is -2.45. The van der Waals surface area contributed by atoms with E-state index in [9.17, 15) is 4.79 Å². The van der Waals surface area contributed by atoms with E-state index in [-0.39, 0.29) is 29.8 Å². The molecule has 3 N–H and O–H groups in total. The van der Waals surface area contributed by atoms with Crippen molar-refractivity contribution in [3.8, 4) is 28.4 Å². The normalized spacial score (nSPS) is 17.5. The molecule has 3 aliphatic rings. The molecule has 0 aromatic carbocycles. The summed E-state index contributed by atoms with van der Waals surface area (Å²) >= 11 is 0. The first-order valence-corrected chi connectivity index (χ1v) is 10.9. The molecule has 8 heteroatoms. The minimum atomic E-state index is -0.00717. The van der Waals surface area contributed by atoms with E-state index in [0.717, 1.165) is 65.3 Å². The van der Waals surface area contributed by atoms with Gasteiger partial charge < -0.3 is 20.4 Å². The molecule has 0 saturated carbocycles. The van der Waals surface area contributed by atoms with Gasteiger partial charge in [-0.25, -0.2) is 4.98 Å². The number of rotatable bonds is 3. The Morgan fingerprint density at radius 1 is 1.09 bits per heavy atom. The maximum absolute atomic E-state index is 12.8. The van der Waals surface area contributed by atoms with Crippen LogP contribution in [0.2, 0.25) is 0 Å². The largest absolute Gasteiger partial charge is 0.475 e. The lowest BCUT2D eigenvalue weighted by Crippen LogP contribution is -2.64. The number of carbonyl (C=O) groups excluding carboxylic acids is 1. The molecule has 5 heterocycles. The maximum atomic E-state index is 12.8. The first-order chi connectivity index (χ1) is 15.0. The summed E-state index contributed by atoms with van der Waals surface area (Å²) in [5, 5.41) is 6.49. The Labute approximate surface area is 192 Å². The van der Waals surface area contributed by atoms with Crippen LogP contribution in [-0.2, 0) is 18.3 Å². The van der Waals surface area contributed by atoms with Gasteiger partial charge in [0.15, 0.2) is 0 Å². The molecular formula is C24H26ClN5O2. The number of ether oxygens (including phenoxy) is 1. The van der Waals surface area contributed by atoms with Crippen molar-refractivity contribution in [2.24, 2.45) is 0 Å². The number of halogens is 1. The Morgan fingerprint density at radius 3 is 2.62 bits per heavy atom. The fourth-order valence-corrected chi connectivity index (χ4v) is 5.00. The van der Waals surface area contributed by atoms with Crippen molar-refractivity contribution in [2.75, 3.05) is 19.6 Å². The van der Waals surface area contributed by atoms with E-state index >= 15 is 0 Å². The number of aryl methyl sites for hydroxylation is 1. The second-order valence-electron chi connectivity index (χ2n) is 9.07. The number of aromatic nitrogens is 3. The third kappa shape index (κ3) is 3.11. The fourth-order valence-electron chi connectivity index (χ4n) is 5.00. The van der Waals surface area contributed by atoms with Crippen molar-refractivity contribution in [1.82, 2.24) is 25.6 Å². The molecule has 1 amide bonds. The number of H-pyrrole nitrogens is 1. The molecule has 0 unspecified atom stereocenters. The summed E-state index contributed by atoms with van der Waals surface area (Å²) in [5.74, 6) is 0.661. The van der Waals surface area contributed by atoms with Gasteiger partial charge in [-0.3, -0.25) is 9.78 Å². The van der Waals surface area contributed by atoms with Crippen LogP contribution < -0.4 is 15.4 Å². The van der Waals surface area contributed by atoms with E-state index < -0.39 is 0 Å². The van der Waals surface area contributed by atoms with E-state index in [1.54, 1.807) is 6.20 Å². The molecule has 3 aromatic heterocycles. The molecular weight excluding hydrogens is 426 g/mol. The number of nitrogens with one attached hydrogen (secondary N) is 3. The highest BCUT2D eigenvalue weighted by molar-refractivity contribution is 6.01. The smallest absolute Gasteiger partial charge is 0.253 e. The van der Waals surface area contributed by atoms with Gasteiger partial charge in [0.2, 0.25) is 5.88 Å². The molecule has 166 valence electrons. The second kappa shape index (κ2) is 7.60. The lowest BCUT2D eigenvalue weighted by atomic mass is 9.74. The highest BCUT2D eigenvalue weighted by atomic mass is 35.5. The van der Waals surface area contributed by atoms with Gasteiger partial charge in [-0.1, -0.05) is 0 Å². The molecule has 0 atom stereocenters. The first kappa shape index (κ1) is 21.0. The molecule has 32 heavy (non-hydrogen) atoms. The Hall–Kier alpha value is -2.90. The molecule has 7 nitrogen and oxygen atoms in total. The van der Waals surface area contributed by atoms with Gasteiger partial charge in [0.1, 0.15) is 0 Å². The Kier molecular flexibility index (Phi) is 4.98. The maximum Gasteiger partial charge on any atom is 0.253 e. The zero-order valence-corrected chi connectivity index (χ0v) is 18.9. The van der Waals surface area contributed by atoms with E-state index in [1.807, 2.05) is 32.2 Å². The summed E-state index contributed by atoms with van der Waals surface area (Å²) in [6, 6.07) is 6.00. The van der Waals surface area contributed by atoms with Crippen LogP contribution in [0.15, 0.2) is 30.6 Å². The minimum Gasteiger partial charge on any atom is -0.475 e. The van der Waals surface area contributed by atoms with E-state index in [1.165, 1.54) is 5.56 Å². The quantitative estimate of drug-likeness (QED) is 0.569. The average molecular weight is 452 g/mol. The third-order valence-corrected chi connectivity index (χ3v) is 6.66. The number of hydrogen-bond donors (Lipinski definition) is 3. The van der Waals surface area contributed by atoms with Gasteiger partial charge in [0.25, 0.3) is 5.91 Å². The zero-order chi connectivity index (χ0) is 21.2. The van der Waals surface area contributed by atoms with Crippen LogP contribution in [0.1, 0.15) is 41.0 Å². The van der Waals surface area contributed by atoms with Gasteiger partial charge in [0, 0.05) is 54.9 Å². The number of hydrogen-bond acceptors (Lipinski definition) is 5. The van der Waals surface area contributed by atoms with Crippen molar-refractivity contribution >= 4 is 18.3 Å². The third-order valence-electron chi connectivity index (χ3n) is 6.66. The number of fused-ring (bicyclic) bond motifs is 6. The number of pyridine rings is 2. The Morgan fingerprint density at radius 2 is 1.94 bits per heavy atom. The molecule has 1 aliphatic carbocycles. The summed E-state index contributed by atoms with van der Waals surface area (Å²) in [6.45, 7) is 6.45. The predicted octanol–water partition coefficient (Wildman–Crippen LogP) is 3.03. The molecule has 1 spiro atoms. The van der Waals surface area contributed by atoms with Gasteiger partial charge in [-0.2, -0.15) is 0 Å². The monoisotopic (exact) mass is 451 g/mol. The topological polar surface area (TPSA) is 91.9 Å². The van der Waals surface area contributed by atoms with Crippen LogP contribution in [0.25, 0.3) is 22.5 Å². The van der Waals surface area contributed by atoms with Crippen molar-refractivity contribution in [3.05, 3.63) is 53.0 Å². The number of aromatic amines is 1. The standard InChI is InChI=1S/C24H25N5O2.ClH/c1-13(2)31-19-6-4-15(9-27-19)18-7-17-14(8-26-18)3-5-16-20-22(29-21(16)17)24(10-25-11-24)12-28-23(20)30;/h4,6-9,13,25,29H,3,5,10-12H2,1-2H3,(H,28,30);1H. The van der Waals surface area contributed by atoms with Gasteiger partial charge in [-0.05, 0) is 49.9 Å². The van der Waals surface area contributed by atoms with Crippen molar-refractivity contribution < 1.29 is 9.53 Å². The van der Waals surface area contributed by atoms with E-state index in [0.29, 0.717) is 12.4 Å². The zero-order valence-electron chi connectivity index (χ0n) is 18.1. The van der Waals surface area contributed by atoms with Crippen LogP contribution in [0, 0.1) is 0 Å². The lowest BCUT2D eigenvalue weighted by molar-refractivity contribution is 0.0905. The highest BCUT2D eigenvalue weighted by Crippen LogP contribution is 2.43. The number of nitrogens with zero attached hydrogens (tertiary/aromatic N) is 2. The van der Waals surface area contributed by atoms with Gasteiger partial charge >= 0.3 is 0 Å². The second-order valence-corrected chi connectivity index (χ2v) is 9.07. The van der Waals surface area contributed by atoms with Crippen LogP contribution in [0.5, 0.6) is 5.88 Å². The molecule has 0 radical (unpaired) electrons. The van der Waals surface area contributed by atoms with Crippen LogP contribution in [-0.4, -0.2) is 46.6 Å². The first-order valence-electron chi connectivity index (χ1n) is 10.9. The SMILES string of the molecule is CC(C)Oc1ccc(-c2cc3c(cn2)CCc2c-3[nH]c3c2C(=O)NCC32CNC2)cn1.Cl. The summed E-state index contributed by atoms with van der Waals surface area (Å²) in [5.41, 5.74) is 8.33. The number of amides is 1. The molecule has 2 aliphatic heterocycles. The molecule has 1 saturated heterocycles. The molecule has 3 aromatic rings. The van der Waals surface area contributed by atoms with E-state index in [2.05, 4.69) is 26.7 Å². The van der Waals surface area contributed by atoms with E-state index in [4.69, 9.17) is 9.72 Å². The van der Waals surface area contributed by atoms with Gasteiger partial charge in [-0.15, -0.1) is 12.4 Å². The summed E-state index contributed by atoms with van der Waals surface area (Å²) in [7, 11) is 0. The predicted molar refractivity (Wildman–Crippen MR) is 125 cm³/mol. The fraction of sp³-hybridized carbons (Fsp3) is 0.375. The Bertz CT molecular complexity index is 1200. The summed E-state index contributed by atoms with van der Waals surface area (Å²) in [6.07, 6.45) is 5.60. The van der Waals surface area contributed by atoms with Crippen LogP contribution in [0.4, 0.5) is 0 Å². The van der Waals surface area contributed by atoms with Crippen LogP contribution >= 0.6 is 12.4 Å². The Balaban J connectivity index is 0.00000216. The van der Waals surface area contributed by atoms with Crippen LogP contribution in [0.3, 0.4) is 0 Å². The molecule has 6 rings (SSSR count). The molecule has 1 fully saturated rings. The summed E-state index contributed by atoms with van der Waals surface area (Å²) in [4.78, 5) is 25.6. The van der Waals surface area contributed by atoms with Gasteiger partial charge in [0.05, 0.1) is 28.5 Å². The highest BCUT2D eigenvalue weighted by Gasteiger charge is 2.47. The molecule has 0 bridgehead atoms. The average Bonchev–Trinajstić information content (AvgIpc) is 3.14. The summed E-state index contributed by atoms with van der Waals surface area (Å²) < 4.78 is 5.65.